The van der Waals surface area contributed by atoms with Crippen LogP contribution in [0.3, 0.4) is 0 Å². The summed E-state index contributed by atoms with van der Waals surface area (Å²) in [5.74, 6) is 0. The molecule has 0 spiro atoms. The van der Waals surface area contributed by atoms with E-state index in [1.54, 1.807) is 0 Å². The van der Waals surface area contributed by atoms with Crippen LogP contribution in [0.1, 0.15) is 0 Å². The highest BCUT2D eigenvalue weighted by atomic mass is 32.1. The van der Waals surface area contributed by atoms with Gasteiger partial charge in [-0.05, 0) is 96.1 Å². The van der Waals surface area contributed by atoms with Crippen LogP contribution in [0.25, 0.3) is 51.5 Å². The summed E-state index contributed by atoms with van der Waals surface area (Å²) in [4.78, 5) is 4.74. The molecule has 0 radical (unpaired) electrons. The minimum absolute atomic E-state index is 1.13. The van der Waals surface area contributed by atoms with Gasteiger partial charge in [0, 0.05) is 74.5 Å². The molecule has 0 bridgehead atoms. The average Bonchev–Trinajstić information content (AvgIpc) is 3.77. The van der Waals surface area contributed by atoms with Gasteiger partial charge in [-0.3, -0.25) is 0 Å². The van der Waals surface area contributed by atoms with Gasteiger partial charge in [-0.15, -0.1) is 22.7 Å². The van der Waals surface area contributed by atoms with Crippen molar-refractivity contribution < 1.29 is 0 Å². The molecule has 0 aliphatic heterocycles. The molecule has 52 heavy (non-hydrogen) atoms. The Morgan fingerprint density at radius 1 is 0.250 bits per heavy atom. The molecule has 0 N–H and O–H groups in total. The van der Waals surface area contributed by atoms with E-state index in [1.165, 1.54) is 51.5 Å². The molecule has 2 aromatic heterocycles. The van der Waals surface area contributed by atoms with Crippen molar-refractivity contribution in [3.63, 3.8) is 0 Å². The number of thiophene rings is 2. The second kappa shape index (κ2) is 12.8. The molecule has 0 saturated carbocycles. The highest BCUT2D eigenvalue weighted by Gasteiger charge is 2.18. The van der Waals surface area contributed by atoms with E-state index in [9.17, 15) is 0 Å². The van der Waals surface area contributed by atoms with E-state index in [0.717, 1.165) is 34.1 Å². The van der Waals surface area contributed by atoms with Gasteiger partial charge >= 0.3 is 0 Å². The summed E-state index contributed by atoms with van der Waals surface area (Å²) in [5.41, 5.74) is 9.27. The number of fused-ring (bicyclic) bond motifs is 6. The minimum atomic E-state index is 1.13. The third-order valence-electron chi connectivity index (χ3n) is 9.84. The molecule has 10 rings (SSSR count). The summed E-state index contributed by atoms with van der Waals surface area (Å²) in [5, 5.41) is 5.17. The first kappa shape index (κ1) is 30.6. The SMILES string of the molecule is c1ccc(-c2ccc(N(c3ccccc3)c3ccc4c(c3)sc3ccc(N(c5ccccc5)c5ccc6c(c5)sc5ccccc56)cc34)cc2)cc1. The van der Waals surface area contributed by atoms with Gasteiger partial charge < -0.3 is 9.80 Å². The van der Waals surface area contributed by atoms with Crippen LogP contribution in [0.2, 0.25) is 0 Å². The summed E-state index contributed by atoms with van der Waals surface area (Å²) in [6.07, 6.45) is 0. The Morgan fingerprint density at radius 3 is 1.29 bits per heavy atom. The Hall–Kier alpha value is -6.20. The molecule has 4 heteroatoms. The Kier molecular flexibility index (Phi) is 7.56. The molecule has 0 aliphatic carbocycles. The summed E-state index contributed by atoms with van der Waals surface area (Å²) >= 11 is 3.72. The maximum atomic E-state index is 2.39. The summed E-state index contributed by atoms with van der Waals surface area (Å²) in [6, 6.07) is 70.3. The van der Waals surface area contributed by atoms with Crippen LogP contribution in [0.4, 0.5) is 34.1 Å². The first-order chi connectivity index (χ1) is 25.8. The molecule has 0 amide bonds. The molecule has 0 aliphatic rings. The number of hydrogen-bond donors (Lipinski definition) is 0. The van der Waals surface area contributed by atoms with Crippen molar-refractivity contribution in [3.05, 3.63) is 194 Å². The third-order valence-corrected chi connectivity index (χ3v) is 12.1. The number of hydrogen-bond acceptors (Lipinski definition) is 4. The maximum Gasteiger partial charge on any atom is 0.0476 e. The number of rotatable bonds is 7. The molecule has 2 nitrogen and oxygen atoms in total. The van der Waals surface area contributed by atoms with Crippen molar-refractivity contribution in [2.75, 3.05) is 9.80 Å². The van der Waals surface area contributed by atoms with Gasteiger partial charge in [0.05, 0.1) is 0 Å². The van der Waals surface area contributed by atoms with Crippen LogP contribution >= 0.6 is 22.7 Å². The van der Waals surface area contributed by atoms with Crippen LogP contribution < -0.4 is 9.80 Å². The Labute approximate surface area is 310 Å². The summed E-state index contributed by atoms with van der Waals surface area (Å²) < 4.78 is 5.17. The van der Waals surface area contributed by atoms with Gasteiger partial charge in [-0.1, -0.05) is 109 Å². The fraction of sp³-hybridized carbons (Fsp3) is 0. The second-order valence-corrected chi connectivity index (χ2v) is 15.2. The zero-order valence-electron chi connectivity index (χ0n) is 28.2. The Bertz CT molecular complexity index is 2840. The summed E-state index contributed by atoms with van der Waals surface area (Å²) in [6.45, 7) is 0. The quantitative estimate of drug-likeness (QED) is 0.163. The van der Waals surface area contributed by atoms with Gasteiger partial charge in [0.25, 0.3) is 0 Å². The van der Waals surface area contributed by atoms with Crippen molar-refractivity contribution in [3.8, 4) is 11.1 Å². The largest absolute Gasteiger partial charge is 0.310 e. The molecule has 0 unspecified atom stereocenters. The van der Waals surface area contributed by atoms with Crippen LogP contribution in [0.15, 0.2) is 194 Å². The van der Waals surface area contributed by atoms with E-state index < -0.39 is 0 Å². The zero-order valence-corrected chi connectivity index (χ0v) is 29.8. The second-order valence-electron chi connectivity index (χ2n) is 13.0. The minimum Gasteiger partial charge on any atom is -0.310 e. The number of anilines is 6. The van der Waals surface area contributed by atoms with E-state index in [4.69, 9.17) is 0 Å². The average molecular weight is 701 g/mol. The predicted molar refractivity (Wildman–Crippen MR) is 227 cm³/mol. The molecule has 0 fully saturated rings. The lowest BCUT2D eigenvalue weighted by Gasteiger charge is -2.26. The lowest BCUT2D eigenvalue weighted by atomic mass is 10.0. The fourth-order valence-corrected chi connectivity index (χ4v) is 9.63. The lowest BCUT2D eigenvalue weighted by molar-refractivity contribution is 1.29. The molecular weight excluding hydrogens is 669 g/mol. The molecule has 0 atom stereocenters. The first-order valence-electron chi connectivity index (χ1n) is 17.5. The van der Waals surface area contributed by atoms with Crippen LogP contribution in [0.5, 0.6) is 0 Å². The van der Waals surface area contributed by atoms with Crippen molar-refractivity contribution in [1.29, 1.82) is 0 Å². The number of nitrogens with zero attached hydrogens (tertiary/aromatic N) is 2. The molecule has 8 aromatic carbocycles. The monoisotopic (exact) mass is 700 g/mol. The Balaban J connectivity index is 1.07. The van der Waals surface area contributed by atoms with E-state index in [0.29, 0.717) is 0 Å². The molecule has 2 heterocycles. The number of para-hydroxylation sites is 2. The van der Waals surface area contributed by atoms with Crippen LogP contribution in [-0.2, 0) is 0 Å². The third kappa shape index (κ3) is 5.41. The molecule has 0 saturated heterocycles. The number of benzene rings is 8. The van der Waals surface area contributed by atoms with Crippen molar-refractivity contribution >= 4 is 97.1 Å². The van der Waals surface area contributed by atoms with Gasteiger partial charge in [-0.2, -0.15) is 0 Å². The molecular formula is C48H32N2S2. The van der Waals surface area contributed by atoms with Crippen LogP contribution in [0, 0.1) is 0 Å². The molecule has 10 aromatic rings. The highest BCUT2D eigenvalue weighted by Crippen LogP contribution is 2.45. The lowest BCUT2D eigenvalue weighted by Crippen LogP contribution is -2.09. The van der Waals surface area contributed by atoms with Gasteiger partial charge in [0.15, 0.2) is 0 Å². The Morgan fingerprint density at radius 2 is 0.654 bits per heavy atom. The normalized spacial score (nSPS) is 11.5. The van der Waals surface area contributed by atoms with Crippen molar-refractivity contribution in [2.24, 2.45) is 0 Å². The topological polar surface area (TPSA) is 6.48 Å². The van der Waals surface area contributed by atoms with E-state index >= 15 is 0 Å². The highest BCUT2D eigenvalue weighted by molar-refractivity contribution is 7.26. The predicted octanol–water partition coefficient (Wildman–Crippen LogP) is 15.0. The maximum absolute atomic E-state index is 2.39. The van der Waals surface area contributed by atoms with Crippen LogP contribution in [-0.4, -0.2) is 0 Å². The smallest absolute Gasteiger partial charge is 0.0476 e. The van der Waals surface area contributed by atoms with E-state index in [-0.39, 0.29) is 0 Å². The van der Waals surface area contributed by atoms with Crippen molar-refractivity contribution in [1.82, 2.24) is 0 Å². The van der Waals surface area contributed by atoms with E-state index in [1.807, 2.05) is 22.7 Å². The van der Waals surface area contributed by atoms with E-state index in [2.05, 4.69) is 204 Å². The van der Waals surface area contributed by atoms with Crippen molar-refractivity contribution in [2.45, 2.75) is 0 Å². The standard InChI is InChI=1S/C48H32N2S2/c1-4-12-33(13-5-1)34-20-22-37(23-21-34)49(35-14-6-2-7-15-35)39-25-28-43-44-30-38(26-29-46(44)52-48(43)31-39)50(36-16-8-3-9-17-36)40-24-27-42-41-18-10-11-19-45(41)51-47(42)32-40/h1-32H. The van der Waals surface area contributed by atoms with Gasteiger partial charge in [0.1, 0.15) is 0 Å². The fourth-order valence-electron chi connectivity index (χ4n) is 7.37. The first-order valence-corrected chi connectivity index (χ1v) is 19.1. The van der Waals surface area contributed by atoms with Gasteiger partial charge in [-0.25, -0.2) is 0 Å². The van der Waals surface area contributed by atoms with Gasteiger partial charge in [0.2, 0.25) is 0 Å². The molecule has 246 valence electrons. The zero-order chi connectivity index (χ0) is 34.4. The summed E-state index contributed by atoms with van der Waals surface area (Å²) in [7, 11) is 0.